The fourth-order valence-corrected chi connectivity index (χ4v) is 1.34. The van der Waals surface area contributed by atoms with Crippen molar-refractivity contribution in [1.29, 1.82) is 0 Å². The molecule has 1 aliphatic heterocycles. The van der Waals surface area contributed by atoms with Crippen LogP contribution in [0.1, 0.15) is 16.1 Å². The van der Waals surface area contributed by atoms with Gasteiger partial charge in [-0.2, -0.15) is 0 Å². The van der Waals surface area contributed by atoms with Crippen molar-refractivity contribution < 1.29 is 14.6 Å². The predicted molar refractivity (Wildman–Crippen MR) is 41.0 cm³/mol. The zero-order valence-corrected chi connectivity index (χ0v) is 6.49. The molecule has 2 heterocycles. The van der Waals surface area contributed by atoms with Crippen LogP contribution in [-0.2, 0) is 17.9 Å². The molecule has 0 atom stereocenters. The van der Waals surface area contributed by atoms with Gasteiger partial charge in [-0.15, -0.1) is 0 Å². The number of carboxylic acids is 1. The number of carbonyl (C=O) groups is 1. The summed E-state index contributed by atoms with van der Waals surface area (Å²) in [5.74, 6) is -0.878. The Balaban J connectivity index is 2.38. The number of nitrogens with zero attached hydrogens (tertiary/aromatic N) is 1. The molecule has 1 N–H and O–H groups in total. The van der Waals surface area contributed by atoms with E-state index in [0.29, 0.717) is 18.8 Å². The molecule has 0 amide bonds. The van der Waals surface area contributed by atoms with Crippen LogP contribution in [0.25, 0.3) is 0 Å². The maximum atomic E-state index is 10.6. The molecule has 1 aromatic heterocycles. The third-order valence-electron chi connectivity index (χ3n) is 1.96. The van der Waals surface area contributed by atoms with E-state index in [-0.39, 0.29) is 0 Å². The molecule has 0 bridgehead atoms. The van der Waals surface area contributed by atoms with Crippen LogP contribution in [0.5, 0.6) is 0 Å². The lowest BCUT2D eigenvalue weighted by molar-refractivity contribution is 0.0696. The van der Waals surface area contributed by atoms with Crippen molar-refractivity contribution in [2.24, 2.45) is 0 Å². The Morgan fingerprint density at radius 2 is 2.50 bits per heavy atom. The van der Waals surface area contributed by atoms with Gasteiger partial charge in [-0.25, -0.2) is 4.79 Å². The molecular weight excluding hydrogens is 158 g/mol. The fraction of sp³-hybridized carbons (Fsp3) is 0.375. The summed E-state index contributed by atoms with van der Waals surface area (Å²) in [4.78, 5) is 10.6. The molecular formula is C8H9NO3. The zero-order valence-electron chi connectivity index (χ0n) is 6.49. The Hall–Kier alpha value is -1.29. The van der Waals surface area contributed by atoms with Crippen molar-refractivity contribution in [2.45, 2.75) is 13.2 Å². The third kappa shape index (κ3) is 1.10. The average Bonchev–Trinajstić information content (AvgIpc) is 2.46. The summed E-state index contributed by atoms with van der Waals surface area (Å²) in [5, 5.41) is 8.68. The van der Waals surface area contributed by atoms with Gasteiger partial charge < -0.3 is 14.4 Å². The highest BCUT2D eigenvalue weighted by Crippen LogP contribution is 2.13. The number of ether oxygens (including phenoxy) is 1. The van der Waals surface area contributed by atoms with Crippen LogP contribution in [0.2, 0.25) is 0 Å². The molecule has 1 aliphatic rings. The van der Waals surface area contributed by atoms with E-state index in [1.165, 1.54) is 0 Å². The summed E-state index contributed by atoms with van der Waals surface area (Å²) in [6.07, 6.45) is 1.65. The summed E-state index contributed by atoms with van der Waals surface area (Å²) in [7, 11) is 0. The SMILES string of the molecule is O=C(O)c1cc2n(c1)CCOC2. The predicted octanol–water partition coefficient (Wildman–Crippen LogP) is 0.716. The molecule has 12 heavy (non-hydrogen) atoms. The number of hydrogen-bond acceptors (Lipinski definition) is 2. The molecule has 1 aromatic rings. The lowest BCUT2D eigenvalue weighted by atomic mass is 10.3. The van der Waals surface area contributed by atoms with Crippen LogP contribution in [-0.4, -0.2) is 22.2 Å². The zero-order chi connectivity index (χ0) is 8.55. The van der Waals surface area contributed by atoms with E-state index in [2.05, 4.69) is 0 Å². The minimum absolute atomic E-state index is 0.343. The van der Waals surface area contributed by atoms with Gasteiger partial charge in [0.2, 0.25) is 0 Å². The van der Waals surface area contributed by atoms with Crippen LogP contribution in [0.4, 0.5) is 0 Å². The lowest BCUT2D eigenvalue weighted by Crippen LogP contribution is -2.14. The molecule has 0 saturated heterocycles. The molecule has 2 rings (SSSR count). The third-order valence-corrected chi connectivity index (χ3v) is 1.96. The average molecular weight is 167 g/mol. The molecule has 0 fully saturated rings. The molecule has 64 valence electrons. The number of aromatic carboxylic acids is 1. The molecule has 4 heteroatoms. The van der Waals surface area contributed by atoms with Crippen molar-refractivity contribution in [3.8, 4) is 0 Å². The minimum atomic E-state index is -0.878. The first-order valence-corrected chi connectivity index (χ1v) is 3.77. The summed E-state index contributed by atoms with van der Waals surface area (Å²) < 4.78 is 7.10. The van der Waals surface area contributed by atoms with Crippen molar-refractivity contribution in [2.75, 3.05) is 6.61 Å². The van der Waals surface area contributed by atoms with Gasteiger partial charge in [0.1, 0.15) is 0 Å². The quantitative estimate of drug-likeness (QED) is 0.670. The minimum Gasteiger partial charge on any atom is -0.478 e. The standard InChI is InChI=1S/C8H9NO3/c10-8(11)6-3-7-5-12-2-1-9(7)4-6/h3-4H,1-2,5H2,(H,10,11). The molecule has 0 radical (unpaired) electrons. The smallest absolute Gasteiger partial charge is 0.337 e. The molecule has 0 saturated carbocycles. The van der Waals surface area contributed by atoms with Crippen molar-refractivity contribution in [1.82, 2.24) is 4.57 Å². The Bertz CT molecular complexity index is 293. The molecule has 0 unspecified atom stereocenters. The van der Waals surface area contributed by atoms with E-state index in [0.717, 1.165) is 12.2 Å². The second kappa shape index (κ2) is 2.64. The van der Waals surface area contributed by atoms with E-state index in [1.54, 1.807) is 12.3 Å². The van der Waals surface area contributed by atoms with Gasteiger partial charge in [-0.1, -0.05) is 0 Å². The first-order chi connectivity index (χ1) is 5.77. The first kappa shape index (κ1) is 7.36. The van der Waals surface area contributed by atoms with Crippen molar-refractivity contribution >= 4 is 5.97 Å². The van der Waals surface area contributed by atoms with E-state index in [1.807, 2.05) is 4.57 Å². The Labute approximate surface area is 69.4 Å². The molecule has 4 nitrogen and oxygen atoms in total. The van der Waals surface area contributed by atoms with Gasteiger partial charge in [-0.05, 0) is 6.07 Å². The van der Waals surface area contributed by atoms with Gasteiger partial charge in [0.15, 0.2) is 0 Å². The monoisotopic (exact) mass is 167 g/mol. The number of aromatic nitrogens is 1. The van der Waals surface area contributed by atoms with Gasteiger partial charge in [0, 0.05) is 18.4 Å². The number of hydrogen-bond donors (Lipinski definition) is 1. The summed E-state index contributed by atoms with van der Waals surface area (Å²) in [6.45, 7) is 1.94. The first-order valence-electron chi connectivity index (χ1n) is 3.77. The van der Waals surface area contributed by atoms with Crippen molar-refractivity contribution in [3.63, 3.8) is 0 Å². The summed E-state index contributed by atoms with van der Waals surface area (Å²) in [5.41, 5.74) is 1.29. The van der Waals surface area contributed by atoms with Crippen LogP contribution in [0.3, 0.4) is 0 Å². The lowest BCUT2D eigenvalue weighted by Gasteiger charge is -2.14. The Morgan fingerprint density at radius 3 is 3.17 bits per heavy atom. The number of carboxylic acid groups (broad SMARTS) is 1. The maximum absolute atomic E-state index is 10.6. The van der Waals surface area contributed by atoms with E-state index < -0.39 is 5.97 Å². The summed E-state index contributed by atoms with van der Waals surface area (Å²) >= 11 is 0. The van der Waals surface area contributed by atoms with Crippen LogP contribution >= 0.6 is 0 Å². The number of rotatable bonds is 1. The van der Waals surface area contributed by atoms with Crippen LogP contribution < -0.4 is 0 Å². The van der Waals surface area contributed by atoms with Crippen molar-refractivity contribution in [3.05, 3.63) is 23.5 Å². The van der Waals surface area contributed by atoms with E-state index >= 15 is 0 Å². The Morgan fingerprint density at radius 1 is 1.67 bits per heavy atom. The molecule has 0 spiro atoms. The number of fused-ring (bicyclic) bond motifs is 1. The second-order valence-corrected chi connectivity index (χ2v) is 2.77. The topological polar surface area (TPSA) is 51.5 Å². The highest BCUT2D eigenvalue weighted by molar-refractivity contribution is 5.87. The normalized spacial score (nSPS) is 15.7. The highest BCUT2D eigenvalue weighted by Gasteiger charge is 2.13. The van der Waals surface area contributed by atoms with Gasteiger partial charge >= 0.3 is 5.97 Å². The van der Waals surface area contributed by atoms with Gasteiger partial charge in [0.25, 0.3) is 0 Å². The van der Waals surface area contributed by atoms with Gasteiger partial charge in [-0.3, -0.25) is 0 Å². The highest BCUT2D eigenvalue weighted by atomic mass is 16.5. The second-order valence-electron chi connectivity index (χ2n) is 2.77. The maximum Gasteiger partial charge on any atom is 0.337 e. The van der Waals surface area contributed by atoms with Crippen LogP contribution in [0.15, 0.2) is 12.3 Å². The molecule has 0 aliphatic carbocycles. The van der Waals surface area contributed by atoms with Gasteiger partial charge in [0.05, 0.1) is 18.8 Å². The van der Waals surface area contributed by atoms with Crippen LogP contribution in [0, 0.1) is 0 Å². The fourth-order valence-electron chi connectivity index (χ4n) is 1.34. The van der Waals surface area contributed by atoms with E-state index in [9.17, 15) is 4.79 Å². The largest absolute Gasteiger partial charge is 0.478 e. The molecule has 0 aromatic carbocycles. The Kier molecular flexibility index (Phi) is 1.62. The van der Waals surface area contributed by atoms with E-state index in [4.69, 9.17) is 9.84 Å². The summed E-state index contributed by atoms with van der Waals surface area (Å²) in [6, 6.07) is 1.65.